The molecule has 2 aromatic carbocycles. The number of primary amides is 1. The van der Waals surface area contributed by atoms with Crippen LogP contribution < -0.4 is 21.1 Å². The Morgan fingerprint density at radius 3 is 2.23 bits per heavy atom. The van der Waals surface area contributed by atoms with Gasteiger partial charge in [0.2, 0.25) is 5.91 Å². The fourth-order valence-corrected chi connectivity index (χ4v) is 2.74. The summed E-state index contributed by atoms with van der Waals surface area (Å²) in [5.41, 5.74) is 7.42. The summed E-state index contributed by atoms with van der Waals surface area (Å²) in [6.45, 7) is 3.97. The molecule has 0 aromatic heterocycles. The van der Waals surface area contributed by atoms with Crippen molar-refractivity contribution >= 4 is 17.5 Å². The third-order valence-electron chi connectivity index (χ3n) is 4.36. The molecule has 0 saturated heterocycles. The van der Waals surface area contributed by atoms with Crippen LogP contribution in [0.2, 0.25) is 0 Å². The summed E-state index contributed by atoms with van der Waals surface area (Å²) in [6.07, 6.45) is 0.900. The van der Waals surface area contributed by atoms with E-state index in [1.807, 2.05) is 31.2 Å². The molecule has 0 aliphatic carbocycles. The zero-order valence-corrected chi connectivity index (χ0v) is 15.4. The van der Waals surface area contributed by atoms with E-state index >= 15 is 0 Å². The lowest BCUT2D eigenvalue weighted by atomic mass is 10.0. The second-order valence-corrected chi connectivity index (χ2v) is 6.20. The molecule has 0 heterocycles. The maximum atomic E-state index is 12.5. The van der Waals surface area contributed by atoms with Crippen LogP contribution in [0.4, 0.5) is 5.69 Å². The van der Waals surface area contributed by atoms with Crippen LogP contribution in [0, 0.1) is 0 Å². The Bertz CT molecular complexity index is 742. The molecule has 2 aromatic rings. The van der Waals surface area contributed by atoms with Crippen LogP contribution in [0.1, 0.15) is 42.2 Å². The van der Waals surface area contributed by atoms with Crippen molar-refractivity contribution in [2.45, 2.75) is 32.4 Å². The van der Waals surface area contributed by atoms with E-state index in [0.29, 0.717) is 11.3 Å². The Balaban J connectivity index is 1.98. The molecular formula is C20H26N3O3+. The molecule has 138 valence electrons. The number of rotatable bonds is 8. The number of amides is 2. The quantitative estimate of drug-likeness (QED) is 0.673. The Morgan fingerprint density at radius 1 is 1.12 bits per heavy atom. The maximum Gasteiger partial charge on any atom is 0.282 e. The highest BCUT2D eigenvalue weighted by atomic mass is 16.5. The van der Waals surface area contributed by atoms with Crippen LogP contribution in [0.15, 0.2) is 48.5 Å². The fourth-order valence-electron chi connectivity index (χ4n) is 2.74. The second-order valence-electron chi connectivity index (χ2n) is 6.20. The topological polar surface area (TPSA) is 98.0 Å². The molecule has 26 heavy (non-hydrogen) atoms. The standard InChI is InChI=1S/C20H25N3O3/c1-4-18(14-7-11-17(26-3)12-8-14)22-13(2)20(25)23-16-9-5-15(6-10-16)19(21)24/h5-13,18,22H,4H2,1-3H3,(H2,21,24)(H,23,25)/p+1/t13-,18-/m1/s1. The number of hydrogen-bond acceptors (Lipinski definition) is 3. The molecule has 0 aliphatic rings. The zero-order valence-electron chi connectivity index (χ0n) is 15.4. The molecule has 0 fully saturated rings. The van der Waals surface area contributed by atoms with Gasteiger partial charge in [0, 0.05) is 23.2 Å². The zero-order chi connectivity index (χ0) is 19.1. The van der Waals surface area contributed by atoms with E-state index < -0.39 is 5.91 Å². The summed E-state index contributed by atoms with van der Waals surface area (Å²) in [7, 11) is 1.64. The van der Waals surface area contributed by atoms with Gasteiger partial charge in [-0.15, -0.1) is 0 Å². The molecule has 0 spiro atoms. The van der Waals surface area contributed by atoms with Gasteiger partial charge in [0.1, 0.15) is 11.8 Å². The Morgan fingerprint density at radius 2 is 1.73 bits per heavy atom. The minimum Gasteiger partial charge on any atom is -0.497 e. The molecule has 0 unspecified atom stereocenters. The fraction of sp³-hybridized carbons (Fsp3) is 0.300. The van der Waals surface area contributed by atoms with Gasteiger partial charge in [-0.1, -0.05) is 6.92 Å². The van der Waals surface area contributed by atoms with Gasteiger partial charge in [0.25, 0.3) is 5.91 Å². The van der Waals surface area contributed by atoms with E-state index in [-0.39, 0.29) is 18.0 Å². The van der Waals surface area contributed by atoms with Crippen LogP contribution in [-0.2, 0) is 4.79 Å². The lowest BCUT2D eigenvalue weighted by molar-refractivity contribution is -0.713. The first-order valence-electron chi connectivity index (χ1n) is 8.64. The predicted octanol–water partition coefficient (Wildman–Crippen LogP) is 1.84. The summed E-state index contributed by atoms with van der Waals surface area (Å²) in [4.78, 5) is 23.6. The smallest absolute Gasteiger partial charge is 0.282 e. The van der Waals surface area contributed by atoms with Crippen molar-refractivity contribution in [3.63, 3.8) is 0 Å². The van der Waals surface area contributed by atoms with Crippen LogP contribution >= 0.6 is 0 Å². The predicted molar refractivity (Wildman–Crippen MR) is 101 cm³/mol. The van der Waals surface area contributed by atoms with Crippen molar-refractivity contribution in [3.05, 3.63) is 59.7 Å². The molecule has 2 atom stereocenters. The molecule has 2 amide bonds. The Kier molecular flexibility index (Phi) is 6.74. The summed E-state index contributed by atoms with van der Waals surface area (Å²) < 4.78 is 5.19. The highest BCUT2D eigenvalue weighted by Gasteiger charge is 2.22. The average molecular weight is 356 g/mol. The highest BCUT2D eigenvalue weighted by Crippen LogP contribution is 2.17. The van der Waals surface area contributed by atoms with Crippen LogP contribution in [0.3, 0.4) is 0 Å². The van der Waals surface area contributed by atoms with E-state index in [1.54, 1.807) is 31.4 Å². The maximum absolute atomic E-state index is 12.5. The number of anilines is 1. The van der Waals surface area contributed by atoms with Crippen molar-refractivity contribution in [2.24, 2.45) is 5.73 Å². The monoisotopic (exact) mass is 356 g/mol. The van der Waals surface area contributed by atoms with E-state index in [0.717, 1.165) is 17.7 Å². The highest BCUT2D eigenvalue weighted by molar-refractivity contribution is 5.95. The van der Waals surface area contributed by atoms with E-state index in [1.165, 1.54) is 0 Å². The van der Waals surface area contributed by atoms with Crippen LogP contribution in [0.25, 0.3) is 0 Å². The van der Waals surface area contributed by atoms with E-state index in [9.17, 15) is 9.59 Å². The molecule has 2 rings (SSSR count). The summed E-state index contributed by atoms with van der Waals surface area (Å²) in [5, 5.41) is 4.92. The number of ether oxygens (including phenoxy) is 1. The normalized spacial score (nSPS) is 12.9. The number of carbonyl (C=O) groups is 2. The van der Waals surface area contributed by atoms with Gasteiger partial charge < -0.3 is 21.1 Å². The number of carbonyl (C=O) groups excluding carboxylic acids is 2. The van der Waals surface area contributed by atoms with Gasteiger partial charge in [-0.2, -0.15) is 0 Å². The largest absolute Gasteiger partial charge is 0.497 e. The first-order chi connectivity index (χ1) is 12.4. The summed E-state index contributed by atoms with van der Waals surface area (Å²) in [5.74, 6) is 0.229. The molecule has 0 saturated carbocycles. The minimum absolute atomic E-state index is 0.0937. The lowest BCUT2D eigenvalue weighted by Gasteiger charge is -2.19. The molecule has 0 bridgehead atoms. The van der Waals surface area contributed by atoms with Gasteiger partial charge in [0.15, 0.2) is 6.04 Å². The van der Waals surface area contributed by atoms with Gasteiger partial charge >= 0.3 is 0 Å². The molecule has 6 nitrogen and oxygen atoms in total. The Hall–Kier alpha value is -2.86. The number of quaternary nitrogens is 1. The van der Waals surface area contributed by atoms with Crippen LogP contribution in [0.5, 0.6) is 5.75 Å². The Labute approximate surface area is 153 Å². The molecule has 6 heteroatoms. The number of methoxy groups -OCH3 is 1. The lowest BCUT2D eigenvalue weighted by Crippen LogP contribution is -2.92. The molecule has 0 aliphatic heterocycles. The number of nitrogens with two attached hydrogens (primary N) is 2. The van der Waals surface area contributed by atoms with E-state index in [4.69, 9.17) is 10.5 Å². The molecular weight excluding hydrogens is 330 g/mol. The van der Waals surface area contributed by atoms with E-state index in [2.05, 4.69) is 17.6 Å². The average Bonchev–Trinajstić information content (AvgIpc) is 2.66. The van der Waals surface area contributed by atoms with Crippen molar-refractivity contribution in [2.75, 3.05) is 12.4 Å². The molecule has 0 radical (unpaired) electrons. The molecule has 5 N–H and O–H groups in total. The number of hydrogen-bond donors (Lipinski definition) is 3. The van der Waals surface area contributed by atoms with Gasteiger partial charge in [-0.05, 0) is 55.5 Å². The van der Waals surface area contributed by atoms with Crippen molar-refractivity contribution < 1.29 is 19.6 Å². The first-order valence-corrected chi connectivity index (χ1v) is 8.64. The van der Waals surface area contributed by atoms with Crippen LogP contribution in [-0.4, -0.2) is 25.0 Å². The van der Waals surface area contributed by atoms with Gasteiger partial charge in [-0.25, -0.2) is 0 Å². The summed E-state index contributed by atoms with van der Waals surface area (Å²) >= 11 is 0. The van der Waals surface area contributed by atoms with Gasteiger partial charge in [0.05, 0.1) is 7.11 Å². The number of benzene rings is 2. The SMILES string of the molecule is CC[C@@H]([NH2+][C@H](C)C(=O)Nc1ccc(C(N)=O)cc1)c1ccc(OC)cc1. The van der Waals surface area contributed by atoms with Gasteiger partial charge in [-0.3, -0.25) is 9.59 Å². The van der Waals surface area contributed by atoms with Crippen molar-refractivity contribution in [3.8, 4) is 5.75 Å². The third kappa shape index (κ3) is 5.07. The first kappa shape index (κ1) is 19.5. The third-order valence-corrected chi connectivity index (χ3v) is 4.36. The number of nitrogens with one attached hydrogen (secondary N) is 1. The second kappa shape index (κ2) is 9.01. The summed E-state index contributed by atoms with van der Waals surface area (Å²) in [6, 6.07) is 14.4. The minimum atomic E-state index is -0.491. The van der Waals surface area contributed by atoms with Crippen molar-refractivity contribution in [1.82, 2.24) is 0 Å². The van der Waals surface area contributed by atoms with Crippen molar-refractivity contribution in [1.29, 1.82) is 0 Å².